The van der Waals surface area contributed by atoms with E-state index in [2.05, 4.69) is 196 Å². The molecule has 58 heavy (non-hydrogen) atoms. The maximum atomic E-state index is 9.62. The summed E-state index contributed by atoms with van der Waals surface area (Å²) in [6.07, 6.45) is 24.9. The van der Waals surface area contributed by atoms with Gasteiger partial charge in [-0.1, -0.05) is 150 Å². The third-order valence-corrected chi connectivity index (χ3v) is 13.7. The number of rotatable bonds is 6. The van der Waals surface area contributed by atoms with Crippen LogP contribution < -0.4 is 5.32 Å². The molecule has 10 rings (SSSR count). The Kier molecular flexibility index (Phi) is 8.79. The fourth-order valence-electron chi connectivity index (χ4n) is 11.0. The second-order valence-electron chi connectivity index (χ2n) is 17.9. The van der Waals surface area contributed by atoms with Crippen molar-refractivity contribution >= 4 is 33.1 Å². The van der Waals surface area contributed by atoms with Gasteiger partial charge in [0.05, 0.1) is 17.1 Å². The number of nitrogens with one attached hydrogen (secondary N) is 1. The molecule has 0 aliphatic heterocycles. The van der Waals surface area contributed by atoms with Gasteiger partial charge in [0.2, 0.25) is 0 Å². The normalized spacial score (nSPS) is 25.8. The third kappa shape index (κ3) is 5.92. The smallest absolute Gasteiger partial charge is 0.0948 e. The van der Waals surface area contributed by atoms with Crippen molar-refractivity contribution in [3.05, 3.63) is 191 Å². The average Bonchev–Trinajstić information content (AvgIpc) is 3.69. The predicted molar refractivity (Wildman–Crippen MR) is 242 cm³/mol. The van der Waals surface area contributed by atoms with Crippen molar-refractivity contribution in [3.63, 3.8) is 0 Å². The minimum absolute atomic E-state index is 0.00677. The van der Waals surface area contributed by atoms with Gasteiger partial charge in [0.25, 0.3) is 0 Å². The summed E-state index contributed by atoms with van der Waals surface area (Å²) in [4.78, 5) is 0. The Labute approximate surface area is 343 Å². The number of para-hydroxylation sites is 1. The van der Waals surface area contributed by atoms with Crippen LogP contribution in [-0.4, -0.2) is 4.57 Å². The molecule has 0 bridgehead atoms. The topological polar surface area (TPSA) is 40.8 Å². The molecule has 6 unspecified atom stereocenters. The molecule has 3 heteroatoms. The molecule has 0 radical (unpaired) electrons. The Hall–Kier alpha value is -6.11. The monoisotopic (exact) mass is 753 g/mol. The Morgan fingerprint density at radius 3 is 2.47 bits per heavy atom. The minimum Gasteiger partial charge on any atom is -0.359 e. The molecule has 1 aromatic heterocycles. The SMILES string of the molecule is CC1C=C(NC2=CC=CCC2c2cccc(-c3ccc4c(c3)c3ccccc3n4C3=CC(C)C(C4C5=C(C=CC4C)c4ccccc4C5(C)C)C=C3)c2)C=C(C#N)C1. The second-order valence-corrected chi connectivity index (χ2v) is 17.9. The lowest BCUT2D eigenvalue weighted by Gasteiger charge is -2.42. The molecular weight excluding hydrogens is 703 g/mol. The van der Waals surface area contributed by atoms with Crippen LogP contribution in [0, 0.1) is 40.9 Å². The molecule has 0 saturated carbocycles. The van der Waals surface area contributed by atoms with Crippen LogP contribution in [0.5, 0.6) is 0 Å². The number of aromatic nitrogens is 1. The van der Waals surface area contributed by atoms with E-state index in [1.54, 1.807) is 5.57 Å². The van der Waals surface area contributed by atoms with Gasteiger partial charge in [0, 0.05) is 44.8 Å². The van der Waals surface area contributed by atoms with Crippen LogP contribution in [-0.2, 0) is 5.41 Å². The van der Waals surface area contributed by atoms with E-state index in [0.717, 1.165) is 24.1 Å². The first kappa shape index (κ1) is 36.2. The fraction of sp³-hybridized carbons (Fsp3) is 0.255. The molecule has 0 fully saturated rings. The number of hydrogen-bond acceptors (Lipinski definition) is 2. The van der Waals surface area contributed by atoms with Gasteiger partial charge in [-0.2, -0.15) is 5.26 Å². The molecule has 5 aliphatic carbocycles. The van der Waals surface area contributed by atoms with E-state index < -0.39 is 0 Å². The summed E-state index contributed by atoms with van der Waals surface area (Å²) in [5.74, 6) is 2.23. The van der Waals surface area contributed by atoms with Crippen LogP contribution in [0.15, 0.2) is 174 Å². The van der Waals surface area contributed by atoms with Gasteiger partial charge in [-0.05, 0) is 118 Å². The highest BCUT2D eigenvalue weighted by molar-refractivity contribution is 6.11. The lowest BCUT2D eigenvalue weighted by Crippen LogP contribution is -2.34. The molecule has 0 amide bonds. The molecule has 3 nitrogen and oxygen atoms in total. The van der Waals surface area contributed by atoms with Crippen molar-refractivity contribution in [2.45, 2.75) is 58.8 Å². The number of nitrogens with zero attached hydrogens (tertiary/aromatic N) is 2. The van der Waals surface area contributed by atoms with Crippen LogP contribution >= 0.6 is 0 Å². The average molecular weight is 754 g/mol. The Morgan fingerprint density at radius 2 is 1.60 bits per heavy atom. The van der Waals surface area contributed by atoms with E-state index >= 15 is 0 Å². The Bertz CT molecular complexity index is 2810. The third-order valence-electron chi connectivity index (χ3n) is 13.7. The van der Waals surface area contributed by atoms with Crippen LogP contribution in [0.4, 0.5) is 0 Å². The van der Waals surface area contributed by atoms with Gasteiger partial charge in [-0.25, -0.2) is 0 Å². The predicted octanol–water partition coefficient (Wildman–Crippen LogP) is 13.6. The van der Waals surface area contributed by atoms with Crippen molar-refractivity contribution in [2.24, 2.45) is 29.6 Å². The molecule has 0 spiro atoms. The molecule has 5 aromatic rings. The zero-order valence-corrected chi connectivity index (χ0v) is 34.2. The van der Waals surface area contributed by atoms with Gasteiger partial charge in [0.15, 0.2) is 0 Å². The van der Waals surface area contributed by atoms with E-state index in [4.69, 9.17) is 0 Å². The molecule has 5 aliphatic rings. The zero-order valence-electron chi connectivity index (χ0n) is 34.2. The molecule has 4 aromatic carbocycles. The van der Waals surface area contributed by atoms with Crippen LogP contribution in [0.2, 0.25) is 0 Å². The van der Waals surface area contributed by atoms with Crippen LogP contribution in [0.1, 0.15) is 70.1 Å². The maximum Gasteiger partial charge on any atom is 0.0948 e. The summed E-state index contributed by atoms with van der Waals surface area (Å²) in [6.45, 7) is 11.9. The highest BCUT2D eigenvalue weighted by Gasteiger charge is 2.46. The summed E-state index contributed by atoms with van der Waals surface area (Å²) >= 11 is 0. The van der Waals surface area contributed by atoms with Crippen molar-refractivity contribution in [3.8, 4) is 17.2 Å². The van der Waals surface area contributed by atoms with Crippen molar-refractivity contribution < 1.29 is 0 Å². The summed E-state index contributed by atoms with van der Waals surface area (Å²) in [5.41, 5.74) is 16.4. The molecular formula is C55H51N3. The zero-order chi connectivity index (χ0) is 39.7. The van der Waals surface area contributed by atoms with Gasteiger partial charge in [0.1, 0.15) is 0 Å². The van der Waals surface area contributed by atoms with Gasteiger partial charge < -0.3 is 9.88 Å². The quantitative estimate of drug-likeness (QED) is 0.188. The Balaban J connectivity index is 0.971. The maximum absolute atomic E-state index is 9.62. The van der Waals surface area contributed by atoms with Crippen LogP contribution in [0.25, 0.3) is 44.2 Å². The van der Waals surface area contributed by atoms with Gasteiger partial charge >= 0.3 is 0 Å². The van der Waals surface area contributed by atoms with Crippen LogP contribution in [0.3, 0.4) is 0 Å². The summed E-state index contributed by atoms with van der Waals surface area (Å²) < 4.78 is 2.49. The highest BCUT2D eigenvalue weighted by atomic mass is 15.0. The number of fused-ring (bicyclic) bond motifs is 5. The Morgan fingerprint density at radius 1 is 0.793 bits per heavy atom. The number of hydrogen-bond donors (Lipinski definition) is 1. The largest absolute Gasteiger partial charge is 0.359 e. The molecule has 1 heterocycles. The first-order valence-corrected chi connectivity index (χ1v) is 21.2. The van der Waals surface area contributed by atoms with E-state index in [9.17, 15) is 5.26 Å². The minimum atomic E-state index is 0.00677. The molecule has 0 saturated heterocycles. The first-order chi connectivity index (χ1) is 28.2. The van der Waals surface area contributed by atoms with Crippen molar-refractivity contribution in [2.75, 3.05) is 0 Å². The lowest BCUT2D eigenvalue weighted by atomic mass is 9.62. The summed E-state index contributed by atoms with van der Waals surface area (Å²) in [7, 11) is 0. The molecule has 286 valence electrons. The standard InChI is InChI=1S/C55H51N3/c1-34-27-37(33-56)30-41(28-34)57-50-19-10-7-15-44(50)40-14-12-13-38(31-40)39-22-26-52-48(32-39)46-17-8-11-20-51(46)58(52)42-23-25-43(36(3)29-42)53-35(2)21-24-47-45-16-6-9-18-49(45)55(4,5)54(47)53/h6-14,16-26,28-32,34-36,43-44,53,57H,15,27H2,1-5H3. The van der Waals surface area contributed by atoms with E-state index in [0.29, 0.717) is 29.6 Å². The van der Waals surface area contributed by atoms with E-state index in [1.165, 1.54) is 66.6 Å². The van der Waals surface area contributed by atoms with E-state index in [1.807, 2.05) is 6.08 Å². The highest BCUT2D eigenvalue weighted by Crippen LogP contribution is 2.56. The van der Waals surface area contributed by atoms with Gasteiger partial charge in [-0.15, -0.1) is 0 Å². The molecule has 6 atom stereocenters. The number of allylic oxidation sites excluding steroid dienone is 15. The van der Waals surface area contributed by atoms with Gasteiger partial charge in [-0.3, -0.25) is 0 Å². The van der Waals surface area contributed by atoms with Crippen molar-refractivity contribution in [1.82, 2.24) is 9.88 Å². The number of benzene rings is 4. The fourth-order valence-corrected chi connectivity index (χ4v) is 11.0. The van der Waals surface area contributed by atoms with Crippen molar-refractivity contribution in [1.29, 1.82) is 5.26 Å². The first-order valence-electron chi connectivity index (χ1n) is 21.2. The summed E-state index contributed by atoms with van der Waals surface area (Å²) in [5, 5.41) is 15.9. The lowest BCUT2D eigenvalue weighted by molar-refractivity contribution is 0.291. The number of nitriles is 1. The summed E-state index contributed by atoms with van der Waals surface area (Å²) in [6, 6.07) is 36.4. The molecule has 1 N–H and O–H groups in total. The second kappa shape index (κ2) is 14.1. The van der Waals surface area contributed by atoms with E-state index in [-0.39, 0.29) is 11.3 Å².